The zero-order chi connectivity index (χ0) is 14.3. The average molecular weight is 268 g/mol. The maximum Gasteiger partial charge on any atom is 0.220 e. The predicted molar refractivity (Wildman–Crippen MR) is 72.4 cm³/mol. The lowest BCUT2D eigenvalue weighted by Crippen LogP contribution is -2.48. The summed E-state index contributed by atoms with van der Waals surface area (Å²) < 4.78 is 18.0. The Hall–Kier alpha value is -1.62. The van der Waals surface area contributed by atoms with Gasteiger partial charge in [0.1, 0.15) is 11.6 Å². The van der Waals surface area contributed by atoms with Gasteiger partial charge in [-0.3, -0.25) is 4.79 Å². The van der Waals surface area contributed by atoms with Crippen LogP contribution in [0.1, 0.15) is 26.7 Å². The van der Waals surface area contributed by atoms with Gasteiger partial charge in [-0.25, -0.2) is 4.39 Å². The minimum Gasteiger partial charge on any atom is -0.494 e. The second kappa shape index (κ2) is 7.09. The van der Waals surface area contributed by atoms with Crippen molar-refractivity contribution in [3.05, 3.63) is 30.1 Å². The first-order chi connectivity index (χ1) is 8.93. The van der Waals surface area contributed by atoms with Crippen LogP contribution in [0.25, 0.3) is 0 Å². The first-order valence-corrected chi connectivity index (χ1v) is 6.32. The molecule has 1 amide bonds. The molecule has 106 valence electrons. The number of carbonyl (C=O) groups is 1. The summed E-state index contributed by atoms with van der Waals surface area (Å²) in [7, 11) is 0. The lowest BCUT2D eigenvalue weighted by molar-refractivity contribution is -0.122. The topological polar surface area (TPSA) is 64.3 Å². The third-order valence-electron chi connectivity index (χ3n) is 2.62. The van der Waals surface area contributed by atoms with E-state index >= 15 is 0 Å². The Labute approximate surface area is 113 Å². The second-order valence-electron chi connectivity index (χ2n) is 5.04. The zero-order valence-electron chi connectivity index (χ0n) is 11.4. The molecule has 0 radical (unpaired) electrons. The fourth-order valence-electron chi connectivity index (χ4n) is 1.44. The van der Waals surface area contributed by atoms with E-state index in [4.69, 9.17) is 10.5 Å². The van der Waals surface area contributed by atoms with Gasteiger partial charge in [0.15, 0.2) is 0 Å². The van der Waals surface area contributed by atoms with Gasteiger partial charge in [0.25, 0.3) is 0 Å². The molecule has 5 heteroatoms. The Morgan fingerprint density at radius 3 is 2.58 bits per heavy atom. The van der Waals surface area contributed by atoms with Gasteiger partial charge in [-0.15, -0.1) is 0 Å². The van der Waals surface area contributed by atoms with Gasteiger partial charge in [-0.05, 0) is 44.5 Å². The number of hydrogen-bond acceptors (Lipinski definition) is 3. The SMILES string of the molecule is CC(C)(CN)NC(=O)CCCOc1ccc(F)cc1. The summed E-state index contributed by atoms with van der Waals surface area (Å²) in [5, 5.41) is 2.84. The summed E-state index contributed by atoms with van der Waals surface area (Å²) in [6.45, 7) is 4.56. The van der Waals surface area contributed by atoms with Crippen LogP contribution < -0.4 is 15.8 Å². The molecule has 0 fully saturated rings. The van der Waals surface area contributed by atoms with Gasteiger partial charge in [0.05, 0.1) is 6.61 Å². The average Bonchev–Trinajstić information content (AvgIpc) is 2.36. The van der Waals surface area contributed by atoms with E-state index in [9.17, 15) is 9.18 Å². The maximum absolute atomic E-state index is 12.7. The molecule has 0 aliphatic carbocycles. The largest absolute Gasteiger partial charge is 0.494 e. The fraction of sp³-hybridized carbons (Fsp3) is 0.500. The molecule has 0 aromatic heterocycles. The Morgan fingerprint density at radius 1 is 1.37 bits per heavy atom. The van der Waals surface area contributed by atoms with E-state index in [1.165, 1.54) is 12.1 Å². The molecule has 0 saturated heterocycles. The van der Waals surface area contributed by atoms with Crippen LogP contribution in [0.2, 0.25) is 0 Å². The van der Waals surface area contributed by atoms with Crippen molar-refractivity contribution in [1.82, 2.24) is 5.32 Å². The van der Waals surface area contributed by atoms with Crippen molar-refractivity contribution >= 4 is 5.91 Å². The van der Waals surface area contributed by atoms with Crippen molar-refractivity contribution in [2.45, 2.75) is 32.2 Å². The van der Waals surface area contributed by atoms with Crippen molar-refractivity contribution in [2.75, 3.05) is 13.2 Å². The van der Waals surface area contributed by atoms with Gasteiger partial charge in [0, 0.05) is 18.5 Å². The lowest BCUT2D eigenvalue weighted by atomic mass is 10.1. The summed E-state index contributed by atoms with van der Waals surface area (Å²) in [4.78, 5) is 11.6. The summed E-state index contributed by atoms with van der Waals surface area (Å²) in [5.41, 5.74) is 5.15. The highest BCUT2D eigenvalue weighted by Gasteiger charge is 2.17. The number of ether oxygens (including phenoxy) is 1. The minimum absolute atomic E-state index is 0.0434. The molecule has 0 saturated carbocycles. The molecule has 0 heterocycles. The maximum atomic E-state index is 12.7. The van der Waals surface area contributed by atoms with E-state index in [1.54, 1.807) is 12.1 Å². The Bertz CT molecular complexity index is 404. The molecule has 0 unspecified atom stereocenters. The molecule has 4 nitrogen and oxygen atoms in total. The molecule has 0 bridgehead atoms. The number of halogens is 1. The van der Waals surface area contributed by atoms with Crippen LogP contribution in [0.4, 0.5) is 4.39 Å². The van der Waals surface area contributed by atoms with E-state index in [0.717, 1.165) is 0 Å². The number of benzene rings is 1. The quantitative estimate of drug-likeness (QED) is 0.742. The van der Waals surface area contributed by atoms with Crippen molar-refractivity contribution in [3.63, 3.8) is 0 Å². The third kappa shape index (κ3) is 6.20. The van der Waals surface area contributed by atoms with Crippen molar-refractivity contribution < 1.29 is 13.9 Å². The number of amides is 1. The van der Waals surface area contributed by atoms with Gasteiger partial charge in [-0.1, -0.05) is 0 Å². The van der Waals surface area contributed by atoms with Crippen molar-refractivity contribution in [1.29, 1.82) is 0 Å². The second-order valence-corrected chi connectivity index (χ2v) is 5.04. The van der Waals surface area contributed by atoms with Gasteiger partial charge in [-0.2, -0.15) is 0 Å². The highest BCUT2D eigenvalue weighted by Crippen LogP contribution is 2.11. The molecule has 0 aliphatic rings. The Morgan fingerprint density at radius 2 is 2.00 bits per heavy atom. The van der Waals surface area contributed by atoms with Crippen LogP contribution in [0.3, 0.4) is 0 Å². The predicted octanol–water partition coefficient (Wildman–Crippen LogP) is 1.84. The number of hydrogen-bond donors (Lipinski definition) is 2. The number of nitrogens with two attached hydrogens (primary N) is 1. The highest BCUT2D eigenvalue weighted by molar-refractivity contribution is 5.76. The van der Waals surface area contributed by atoms with E-state index < -0.39 is 0 Å². The van der Waals surface area contributed by atoms with E-state index in [1.807, 2.05) is 13.8 Å². The van der Waals surface area contributed by atoms with Crippen molar-refractivity contribution in [2.24, 2.45) is 5.73 Å². The summed E-state index contributed by atoms with van der Waals surface area (Å²) in [6, 6.07) is 5.80. The highest BCUT2D eigenvalue weighted by atomic mass is 19.1. The summed E-state index contributed by atoms with van der Waals surface area (Å²) in [6.07, 6.45) is 0.981. The van der Waals surface area contributed by atoms with E-state index in [2.05, 4.69) is 5.32 Å². The smallest absolute Gasteiger partial charge is 0.220 e. The van der Waals surface area contributed by atoms with Gasteiger partial charge >= 0.3 is 0 Å². The van der Waals surface area contributed by atoms with E-state index in [-0.39, 0.29) is 17.3 Å². The molecule has 19 heavy (non-hydrogen) atoms. The molecular weight excluding hydrogens is 247 g/mol. The minimum atomic E-state index is -0.380. The molecule has 0 atom stereocenters. The molecule has 3 N–H and O–H groups in total. The summed E-state index contributed by atoms with van der Waals surface area (Å²) in [5.74, 6) is 0.262. The van der Waals surface area contributed by atoms with Crippen LogP contribution in [-0.2, 0) is 4.79 Å². The van der Waals surface area contributed by atoms with Crippen LogP contribution in [-0.4, -0.2) is 24.6 Å². The number of rotatable bonds is 7. The number of carbonyl (C=O) groups excluding carboxylic acids is 1. The fourth-order valence-corrected chi connectivity index (χ4v) is 1.44. The number of nitrogens with one attached hydrogen (secondary N) is 1. The molecule has 1 aromatic rings. The van der Waals surface area contributed by atoms with Crippen LogP contribution >= 0.6 is 0 Å². The van der Waals surface area contributed by atoms with Gasteiger partial charge in [0.2, 0.25) is 5.91 Å². The van der Waals surface area contributed by atoms with Crippen LogP contribution in [0.5, 0.6) is 5.75 Å². The van der Waals surface area contributed by atoms with Crippen LogP contribution in [0, 0.1) is 5.82 Å². The Kier molecular flexibility index (Phi) is 5.76. The van der Waals surface area contributed by atoms with E-state index in [0.29, 0.717) is 31.7 Å². The monoisotopic (exact) mass is 268 g/mol. The van der Waals surface area contributed by atoms with Crippen LogP contribution in [0.15, 0.2) is 24.3 Å². The third-order valence-corrected chi connectivity index (χ3v) is 2.62. The lowest BCUT2D eigenvalue weighted by Gasteiger charge is -2.24. The molecular formula is C14H21FN2O2. The molecule has 0 aliphatic heterocycles. The normalized spacial score (nSPS) is 11.2. The Balaban J connectivity index is 2.20. The first kappa shape index (κ1) is 15.4. The zero-order valence-corrected chi connectivity index (χ0v) is 11.4. The summed E-state index contributed by atoms with van der Waals surface area (Å²) >= 11 is 0. The standard InChI is InChI=1S/C14H21FN2O2/c1-14(2,10-16)17-13(18)4-3-9-19-12-7-5-11(15)6-8-12/h5-8H,3-4,9-10,16H2,1-2H3,(H,17,18). The molecule has 1 aromatic carbocycles. The van der Waals surface area contributed by atoms with Gasteiger partial charge < -0.3 is 15.8 Å². The first-order valence-electron chi connectivity index (χ1n) is 6.32. The van der Waals surface area contributed by atoms with Crippen molar-refractivity contribution in [3.8, 4) is 5.75 Å². The molecule has 1 rings (SSSR count). The molecule has 0 spiro atoms.